The maximum absolute atomic E-state index is 12.1. The van der Waals surface area contributed by atoms with Crippen LogP contribution in [0.15, 0.2) is 48.5 Å². The standard InChI is InChI=1S/C21H27ClN2O2/c1-21(2,15-24(3)4)14-23-20(25)13-26-19-11-10-17(12-18(19)22)16-8-6-5-7-9-16/h5-12H,13-15H2,1-4H3,(H,23,25). The average Bonchev–Trinajstić information content (AvgIpc) is 2.58. The van der Waals surface area contributed by atoms with Crippen molar-refractivity contribution in [3.8, 4) is 16.9 Å². The Balaban J connectivity index is 1.88. The summed E-state index contributed by atoms with van der Waals surface area (Å²) in [4.78, 5) is 14.2. The van der Waals surface area contributed by atoms with E-state index in [1.54, 1.807) is 6.07 Å². The third-order valence-corrected chi connectivity index (χ3v) is 4.20. The molecule has 4 nitrogen and oxygen atoms in total. The van der Waals surface area contributed by atoms with Crippen LogP contribution in [0, 0.1) is 5.41 Å². The average molecular weight is 375 g/mol. The molecule has 0 radical (unpaired) electrons. The molecule has 26 heavy (non-hydrogen) atoms. The van der Waals surface area contributed by atoms with Crippen molar-refractivity contribution in [1.29, 1.82) is 0 Å². The molecule has 1 N–H and O–H groups in total. The van der Waals surface area contributed by atoms with Crippen LogP contribution in [0.25, 0.3) is 11.1 Å². The molecule has 0 spiro atoms. The predicted octanol–water partition coefficient (Wildman–Crippen LogP) is 4.09. The third-order valence-electron chi connectivity index (χ3n) is 3.91. The molecule has 0 saturated heterocycles. The van der Waals surface area contributed by atoms with Gasteiger partial charge < -0.3 is 15.0 Å². The minimum Gasteiger partial charge on any atom is -0.482 e. The van der Waals surface area contributed by atoms with E-state index >= 15 is 0 Å². The van der Waals surface area contributed by atoms with Crippen molar-refractivity contribution in [2.24, 2.45) is 5.41 Å². The molecule has 0 aliphatic rings. The molecule has 0 atom stereocenters. The molecule has 5 heteroatoms. The number of amides is 1. The summed E-state index contributed by atoms with van der Waals surface area (Å²) in [6, 6.07) is 15.6. The number of benzene rings is 2. The minimum atomic E-state index is -0.153. The van der Waals surface area contributed by atoms with Crippen molar-refractivity contribution < 1.29 is 9.53 Å². The molecule has 0 saturated carbocycles. The van der Waals surface area contributed by atoms with Gasteiger partial charge in [-0.15, -0.1) is 0 Å². The summed E-state index contributed by atoms with van der Waals surface area (Å²) >= 11 is 6.31. The molecule has 0 aliphatic carbocycles. The van der Waals surface area contributed by atoms with Crippen LogP contribution in [0.3, 0.4) is 0 Å². The highest BCUT2D eigenvalue weighted by molar-refractivity contribution is 6.32. The zero-order chi connectivity index (χ0) is 19.2. The lowest BCUT2D eigenvalue weighted by Crippen LogP contribution is -2.41. The second kappa shape index (κ2) is 9.06. The maximum atomic E-state index is 12.1. The SMILES string of the molecule is CN(C)CC(C)(C)CNC(=O)COc1ccc(-c2ccccc2)cc1Cl. The van der Waals surface area contributed by atoms with Gasteiger partial charge in [0.2, 0.25) is 0 Å². The van der Waals surface area contributed by atoms with Gasteiger partial charge in [0.25, 0.3) is 5.91 Å². The molecular formula is C21H27ClN2O2. The Morgan fingerprint density at radius 3 is 2.42 bits per heavy atom. The van der Waals surface area contributed by atoms with Gasteiger partial charge in [0.1, 0.15) is 5.75 Å². The summed E-state index contributed by atoms with van der Waals surface area (Å²) in [5, 5.41) is 3.41. The summed E-state index contributed by atoms with van der Waals surface area (Å²) in [7, 11) is 4.04. The monoisotopic (exact) mass is 374 g/mol. The van der Waals surface area contributed by atoms with Gasteiger partial charge in [0.05, 0.1) is 5.02 Å². The molecule has 0 aliphatic heterocycles. The summed E-state index contributed by atoms with van der Waals surface area (Å²) < 4.78 is 5.58. The first-order valence-electron chi connectivity index (χ1n) is 8.66. The highest BCUT2D eigenvalue weighted by Crippen LogP contribution is 2.30. The van der Waals surface area contributed by atoms with E-state index in [2.05, 4.69) is 24.1 Å². The molecule has 0 heterocycles. The van der Waals surface area contributed by atoms with Crippen LogP contribution in [0.1, 0.15) is 13.8 Å². The van der Waals surface area contributed by atoms with Crippen molar-refractivity contribution >= 4 is 17.5 Å². The number of carbonyl (C=O) groups is 1. The summed E-state index contributed by atoms with van der Waals surface area (Å²) in [5.41, 5.74) is 2.09. The van der Waals surface area contributed by atoms with E-state index in [0.717, 1.165) is 17.7 Å². The van der Waals surface area contributed by atoms with E-state index < -0.39 is 0 Å². The normalized spacial score (nSPS) is 11.5. The van der Waals surface area contributed by atoms with Crippen LogP contribution in [0.2, 0.25) is 5.02 Å². The molecule has 0 aromatic heterocycles. The summed E-state index contributed by atoms with van der Waals surface area (Å²) in [6.07, 6.45) is 0. The Morgan fingerprint density at radius 2 is 1.81 bits per heavy atom. The summed E-state index contributed by atoms with van der Waals surface area (Å²) in [5.74, 6) is 0.356. The Labute approximate surface area is 161 Å². The lowest BCUT2D eigenvalue weighted by Gasteiger charge is -2.28. The topological polar surface area (TPSA) is 41.6 Å². The van der Waals surface area contributed by atoms with Gasteiger partial charge >= 0.3 is 0 Å². The molecule has 2 aromatic rings. The zero-order valence-electron chi connectivity index (χ0n) is 15.9. The Hall–Kier alpha value is -2.04. The molecule has 1 amide bonds. The van der Waals surface area contributed by atoms with Crippen molar-refractivity contribution in [3.63, 3.8) is 0 Å². The lowest BCUT2D eigenvalue weighted by molar-refractivity contribution is -0.123. The lowest BCUT2D eigenvalue weighted by atomic mass is 9.93. The highest BCUT2D eigenvalue weighted by Gasteiger charge is 2.20. The van der Waals surface area contributed by atoms with Crippen molar-refractivity contribution in [2.45, 2.75) is 13.8 Å². The Morgan fingerprint density at radius 1 is 1.12 bits per heavy atom. The first-order chi connectivity index (χ1) is 12.3. The first-order valence-corrected chi connectivity index (χ1v) is 9.04. The molecule has 2 rings (SSSR count). The van der Waals surface area contributed by atoms with Gasteiger partial charge in [-0.2, -0.15) is 0 Å². The van der Waals surface area contributed by atoms with E-state index in [1.807, 2.05) is 56.6 Å². The number of nitrogens with zero attached hydrogens (tertiary/aromatic N) is 1. The number of hydrogen-bond donors (Lipinski definition) is 1. The smallest absolute Gasteiger partial charge is 0.257 e. The molecule has 0 bridgehead atoms. The van der Waals surface area contributed by atoms with Gasteiger partial charge in [-0.25, -0.2) is 0 Å². The van der Waals surface area contributed by atoms with Gasteiger partial charge in [-0.3, -0.25) is 4.79 Å². The van der Waals surface area contributed by atoms with E-state index in [1.165, 1.54) is 0 Å². The largest absolute Gasteiger partial charge is 0.482 e. The fourth-order valence-electron chi connectivity index (χ4n) is 2.87. The van der Waals surface area contributed by atoms with E-state index in [9.17, 15) is 4.79 Å². The van der Waals surface area contributed by atoms with Crippen LogP contribution >= 0.6 is 11.6 Å². The molecule has 0 unspecified atom stereocenters. The first kappa shape index (κ1) is 20.3. The zero-order valence-corrected chi connectivity index (χ0v) is 16.6. The fourth-order valence-corrected chi connectivity index (χ4v) is 3.11. The molecule has 0 fully saturated rings. The van der Waals surface area contributed by atoms with Gasteiger partial charge in [-0.1, -0.05) is 61.8 Å². The van der Waals surface area contributed by atoms with E-state index in [0.29, 0.717) is 17.3 Å². The van der Waals surface area contributed by atoms with Crippen LogP contribution in [0.5, 0.6) is 5.75 Å². The van der Waals surface area contributed by atoms with E-state index in [4.69, 9.17) is 16.3 Å². The maximum Gasteiger partial charge on any atom is 0.257 e. The van der Waals surface area contributed by atoms with Crippen molar-refractivity contribution in [1.82, 2.24) is 10.2 Å². The Bertz CT molecular complexity index is 730. The number of carbonyl (C=O) groups excluding carboxylic acids is 1. The summed E-state index contributed by atoms with van der Waals surface area (Å²) in [6.45, 7) is 5.66. The highest BCUT2D eigenvalue weighted by atomic mass is 35.5. The van der Waals surface area contributed by atoms with Gasteiger partial charge in [0.15, 0.2) is 6.61 Å². The fraction of sp³-hybridized carbons (Fsp3) is 0.381. The Kier molecular flexibility index (Phi) is 7.06. The van der Waals surface area contributed by atoms with Crippen LogP contribution in [0.4, 0.5) is 0 Å². The van der Waals surface area contributed by atoms with Gasteiger partial charge in [-0.05, 0) is 42.8 Å². The number of hydrogen-bond acceptors (Lipinski definition) is 3. The van der Waals surface area contributed by atoms with Crippen molar-refractivity contribution in [2.75, 3.05) is 33.8 Å². The number of rotatable bonds is 8. The third kappa shape index (κ3) is 6.36. The second-order valence-corrected chi connectivity index (χ2v) is 7.89. The van der Waals surface area contributed by atoms with Crippen LogP contribution < -0.4 is 10.1 Å². The van der Waals surface area contributed by atoms with Gasteiger partial charge in [0, 0.05) is 13.1 Å². The van der Waals surface area contributed by atoms with Crippen molar-refractivity contribution in [3.05, 3.63) is 53.6 Å². The number of nitrogens with one attached hydrogen (secondary N) is 1. The molecular weight excluding hydrogens is 348 g/mol. The second-order valence-electron chi connectivity index (χ2n) is 7.48. The molecule has 140 valence electrons. The number of halogens is 1. The van der Waals surface area contributed by atoms with Crippen LogP contribution in [-0.4, -0.2) is 44.6 Å². The predicted molar refractivity (Wildman–Crippen MR) is 108 cm³/mol. The quantitative estimate of drug-likeness (QED) is 0.756. The molecule has 2 aromatic carbocycles. The van der Waals surface area contributed by atoms with E-state index in [-0.39, 0.29) is 17.9 Å². The van der Waals surface area contributed by atoms with Crippen LogP contribution in [-0.2, 0) is 4.79 Å². The minimum absolute atomic E-state index is 0.00582. The number of ether oxygens (including phenoxy) is 1.